The van der Waals surface area contributed by atoms with Crippen LogP contribution in [0.4, 0.5) is 27.6 Å². The molecule has 0 aliphatic carbocycles. The molecule has 0 radical (unpaired) electrons. The van der Waals surface area contributed by atoms with Gasteiger partial charge in [0.15, 0.2) is 0 Å². The molecule has 1 aliphatic rings. The number of hydrogen-bond acceptors (Lipinski definition) is 4. The lowest BCUT2D eigenvalue weighted by molar-refractivity contribution is -0.289. The van der Waals surface area contributed by atoms with Crippen molar-refractivity contribution in [1.82, 2.24) is 0 Å². The summed E-state index contributed by atoms with van der Waals surface area (Å²) in [5.41, 5.74) is 4.60. The number of aliphatic imine (C=N–C) groups is 1. The molecule has 130 valence electrons. The molecule has 0 saturated heterocycles. The maximum Gasteiger partial charge on any atom is 0.458 e. The number of ether oxygens (including phenoxy) is 1. The molecule has 0 fully saturated rings. The second kappa shape index (κ2) is 6.21. The Hall–Kier alpha value is -2.45. The largest absolute Gasteiger partial charge is 0.463 e. The van der Waals surface area contributed by atoms with E-state index in [0.717, 1.165) is 6.07 Å². The number of nitrogens with two attached hydrogens (primary N) is 1. The van der Waals surface area contributed by atoms with Gasteiger partial charge in [0.2, 0.25) is 0 Å². The Morgan fingerprint density at radius 1 is 1.29 bits per heavy atom. The first-order chi connectivity index (χ1) is 11.1. The van der Waals surface area contributed by atoms with Crippen molar-refractivity contribution in [3.8, 4) is 0 Å². The van der Waals surface area contributed by atoms with Crippen LogP contribution in [0.3, 0.4) is 0 Å². The van der Waals surface area contributed by atoms with Gasteiger partial charge in [0.1, 0.15) is 5.84 Å². The first-order valence-corrected chi connectivity index (χ1v) is 6.86. The Labute approximate surface area is 133 Å². The molecule has 1 heterocycles. The van der Waals surface area contributed by atoms with Crippen LogP contribution < -0.4 is 5.73 Å². The van der Waals surface area contributed by atoms with Crippen LogP contribution in [0.5, 0.6) is 0 Å². The molecule has 0 atom stereocenters. The summed E-state index contributed by atoms with van der Waals surface area (Å²) in [6.45, 7) is 1.73. The van der Waals surface area contributed by atoms with E-state index in [2.05, 4.69) is 4.99 Å². The lowest BCUT2D eigenvalue weighted by atomic mass is 9.99. The summed E-state index contributed by atoms with van der Waals surface area (Å²) in [5.74, 6) is -5.87. The van der Waals surface area contributed by atoms with Gasteiger partial charge in [-0.2, -0.15) is 22.0 Å². The minimum absolute atomic E-state index is 0.0454. The van der Waals surface area contributed by atoms with Crippen molar-refractivity contribution in [1.29, 1.82) is 0 Å². The second-order valence-corrected chi connectivity index (χ2v) is 5.02. The summed E-state index contributed by atoms with van der Waals surface area (Å²) in [5, 5.41) is 0. The highest BCUT2D eigenvalue weighted by Gasteiger charge is 2.58. The van der Waals surface area contributed by atoms with E-state index < -0.39 is 23.6 Å². The van der Waals surface area contributed by atoms with Crippen molar-refractivity contribution in [3.63, 3.8) is 0 Å². The van der Waals surface area contributed by atoms with Gasteiger partial charge < -0.3 is 10.5 Å². The number of fused-ring (bicyclic) bond motifs is 1. The van der Waals surface area contributed by atoms with Gasteiger partial charge in [0.25, 0.3) is 0 Å². The third kappa shape index (κ3) is 3.39. The number of alkyl halides is 5. The number of benzene rings is 1. The zero-order valence-corrected chi connectivity index (χ0v) is 12.5. The summed E-state index contributed by atoms with van der Waals surface area (Å²) in [7, 11) is 0. The van der Waals surface area contributed by atoms with Crippen molar-refractivity contribution in [2.75, 3.05) is 6.61 Å². The zero-order valence-electron chi connectivity index (χ0n) is 12.5. The summed E-state index contributed by atoms with van der Waals surface area (Å²) < 4.78 is 69.2. The fraction of sp³-hybridized carbons (Fsp3) is 0.333. The van der Waals surface area contributed by atoms with Crippen molar-refractivity contribution in [3.05, 3.63) is 41.0 Å². The van der Waals surface area contributed by atoms with E-state index in [1.807, 2.05) is 0 Å². The molecule has 4 nitrogen and oxygen atoms in total. The topological polar surface area (TPSA) is 64.7 Å². The molecule has 1 aromatic carbocycles. The van der Waals surface area contributed by atoms with Gasteiger partial charge in [0.05, 0.1) is 12.3 Å². The van der Waals surface area contributed by atoms with Crippen LogP contribution in [0.25, 0.3) is 0 Å². The molecule has 1 aliphatic heterocycles. The quantitative estimate of drug-likeness (QED) is 0.673. The van der Waals surface area contributed by atoms with Gasteiger partial charge in [-0.3, -0.25) is 0 Å². The third-order valence-electron chi connectivity index (χ3n) is 3.29. The maximum atomic E-state index is 13.4. The van der Waals surface area contributed by atoms with E-state index in [1.165, 1.54) is 6.08 Å². The molecule has 0 bridgehead atoms. The minimum atomic E-state index is -5.73. The highest BCUT2D eigenvalue weighted by atomic mass is 19.4. The number of hydrogen-bond donors (Lipinski definition) is 1. The molecule has 0 saturated carbocycles. The SMILES string of the molecule is CCOC(=O)C1=CC(N)=Nc2cc(C(F)(F)C(F)(F)F)ccc2C1. The lowest BCUT2D eigenvalue weighted by Crippen LogP contribution is -2.33. The Morgan fingerprint density at radius 3 is 2.54 bits per heavy atom. The molecule has 24 heavy (non-hydrogen) atoms. The van der Waals surface area contributed by atoms with Crippen LogP contribution in [0.1, 0.15) is 18.1 Å². The minimum Gasteiger partial charge on any atom is -0.463 e. The number of esters is 1. The van der Waals surface area contributed by atoms with Gasteiger partial charge in [-0.1, -0.05) is 12.1 Å². The first-order valence-electron chi connectivity index (χ1n) is 6.86. The number of halogens is 5. The molecule has 9 heteroatoms. The van der Waals surface area contributed by atoms with Crippen molar-refractivity contribution in [2.24, 2.45) is 10.7 Å². The van der Waals surface area contributed by atoms with E-state index in [4.69, 9.17) is 10.5 Å². The van der Waals surface area contributed by atoms with Crippen LogP contribution in [0.2, 0.25) is 0 Å². The zero-order chi connectivity index (χ0) is 18.1. The molecular weight excluding hydrogens is 335 g/mol. The van der Waals surface area contributed by atoms with Crippen LogP contribution in [0.15, 0.2) is 34.8 Å². The molecule has 2 rings (SSSR count). The van der Waals surface area contributed by atoms with E-state index >= 15 is 0 Å². The number of carbonyl (C=O) groups is 1. The summed E-state index contributed by atoms with van der Waals surface area (Å²) in [6.07, 6.45) is -4.56. The molecule has 0 unspecified atom stereocenters. The van der Waals surface area contributed by atoms with Crippen LogP contribution in [0, 0.1) is 0 Å². The van der Waals surface area contributed by atoms with Crippen LogP contribution in [-0.2, 0) is 21.9 Å². The summed E-state index contributed by atoms with van der Waals surface area (Å²) in [4.78, 5) is 15.6. The smallest absolute Gasteiger partial charge is 0.458 e. The average molecular weight is 348 g/mol. The average Bonchev–Trinajstić information content (AvgIpc) is 2.63. The van der Waals surface area contributed by atoms with E-state index in [1.54, 1.807) is 6.92 Å². The van der Waals surface area contributed by atoms with E-state index in [-0.39, 0.29) is 35.7 Å². The molecule has 0 aromatic heterocycles. The number of amidine groups is 1. The van der Waals surface area contributed by atoms with Crippen molar-refractivity contribution in [2.45, 2.75) is 25.4 Å². The number of carbonyl (C=O) groups excluding carboxylic acids is 1. The van der Waals surface area contributed by atoms with Gasteiger partial charge in [-0.15, -0.1) is 0 Å². The van der Waals surface area contributed by atoms with Gasteiger partial charge in [-0.05, 0) is 24.6 Å². The third-order valence-corrected chi connectivity index (χ3v) is 3.29. The van der Waals surface area contributed by atoms with Crippen LogP contribution in [-0.4, -0.2) is 24.6 Å². The predicted molar refractivity (Wildman–Crippen MR) is 76.1 cm³/mol. The van der Waals surface area contributed by atoms with Crippen LogP contribution >= 0.6 is 0 Å². The van der Waals surface area contributed by atoms with Gasteiger partial charge >= 0.3 is 18.1 Å². The maximum absolute atomic E-state index is 13.4. The monoisotopic (exact) mass is 348 g/mol. The Kier molecular flexibility index (Phi) is 4.63. The molecule has 1 aromatic rings. The normalized spacial score (nSPS) is 15.1. The molecule has 2 N–H and O–H groups in total. The van der Waals surface area contributed by atoms with Crippen molar-refractivity contribution < 1.29 is 31.5 Å². The standard InChI is InChI=1S/C15H13F5N2O2/c1-2-24-13(23)9-5-8-3-4-10(14(16,17)15(18,19)20)7-11(8)22-12(21)6-9/h3-4,6-7H,2,5H2,1H3,(H2,21,22). The van der Waals surface area contributed by atoms with E-state index in [9.17, 15) is 26.7 Å². The second-order valence-electron chi connectivity index (χ2n) is 5.02. The van der Waals surface area contributed by atoms with Crippen molar-refractivity contribution >= 4 is 17.5 Å². The number of nitrogens with zero attached hydrogens (tertiary/aromatic N) is 1. The summed E-state index contributed by atoms with van der Waals surface area (Å²) >= 11 is 0. The Balaban J connectivity index is 2.44. The molecule has 0 amide bonds. The van der Waals surface area contributed by atoms with E-state index in [0.29, 0.717) is 12.1 Å². The molecular formula is C15H13F5N2O2. The first kappa shape index (κ1) is 17.9. The summed E-state index contributed by atoms with van der Waals surface area (Å²) in [6, 6.07) is 2.35. The highest BCUT2D eigenvalue weighted by molar-refractivity contribution is 6.02. The highest BCUT2D eigenvalue weighted by Crippen LogP contribution is 2.45. The fourth-order valence-corrected chi connectivity index (χ4v) is 2.14. The number of rotatable bonds is 3. The van der Waals surface area contributed by atoms with Gasteiger partial charge in [0, 0.05) is 17.6 Å². The Morgan fingerprint density at radius 2 is 1.96 bits per heavy atom. The fourth-order valence-electron chi connectivity index (χ4n) is 2.14. The molecule has 0 spiro atoms. The lowest BCUT2D eigenvalue weighted by Gasteiger charge is -2.20. The van der Waals surface area contributed by atoms with Gasteiger partial charge in [-0.25, -0.2) is 9.79 Å². The Bertz CT molecular complexity index is 723. The predicted octanol–water partition coefficient (Wildman–Crippen LogP) is 3.38.